The van der Waals surface area contributed by atoms with Gasteiger partial charge < -0.3 is 9.64 Å². The summed E-state index contributed by atoms with van der Waals surface area (Å²) in [6.07, 6.45) is 3.22. The number of carbonyl (C=O) groups excluding carboxylic acids is 1. The van der Waals surface area contributed by atoms with E-state index in [2.05, 4.69) is 25.1 Å². The average molecular weight is 328 g/mol. The van der Waals surface area contributed by atoms with Crippen molar-refractivity contribution in [1.29, 1.82) is 5.26 Å². The normalized spacial score (nSPS) is 17.2. The van der Waals surface area contributed by atoms with Crippen LogP contribution >= 0.6 is 0 Å². The average Bonchev–Trinajstić information content (AvgIpc) is 2.48. The van der Waals surface area contributed by atoms with Crippen molar-refractivity contribution < 1.29 is 9.53 Å². The van der Waals surface area contributed by atoms with Crippen LogP contribution in [0.3, 0.4) is 0 Å². The van der Waals surface area contributed by atoms with Crippen LogP contribution in [0.5, 0.6) is 0 Å². The van der Waals surface area contributed by atoms with Gasteiger partial charge in [0.05, 0.1) is 12.5 Å². The summed E-state index contributed by atoms with van der Waals surface area (Å²) in [6, 6.07) is 10.5. The molecule has 0 saturated carbocycles. The highest BCUT2D eigenvalue weighted by atomic mass is 16.6. The number of piperidine rings is 1. The first-order valence-electron chi connectivity index (χ1n) is 8.63. The molecule has 1 aliphatic heterocycles. The Kier molecular flexibility index (Phi) is 5.54. The van der Waals surface area contributed by atoms with Gasteiger partial charge in [-0.15, -0.1) is 0 Å². The second-order valence-electron chi connectivity index (χ2n) is 8.11. The molecular weight excluding hydrogens is 300 g/mol. The molecule has 0 atom stereocenters. The molecule has 1 fully saturated rings. The summed E-state index contributed by atoms with van der Waals surface area (Å²) in [4.78, 5) is 14.0. The lowest BCUT2D eigenvalue weighted by molar-refractivity contribution is 0.0119. The Labute approximate surface area is 145 Å². The Hall–Kier alpha value is -2.02. The van der Waals surface area contributed by atoms with E-state index in [-0.39, 0.29) is 11.5 Å². The van der Waals surface area contributed by atoms with Gasteiger partial charge >= 0.3 is 6.09 Å². The third-order valence-electron chi connectivity index (χ3n) is 4.56. The Balaban J connectivity index is 1.90. The summed E-state index contributed by atoms with van der Waals surface area (Å²) >= 11 is 0. The smallest absolute Gasteiger partial charge is 0.410 e. The van der Waals surface area contributed by atoms with Gasteiger partial charge in [-0.25, -0.2) is 4.79 Å². The van der Waals surface area contributed by atoms with Gasteiger partial charge in [-0.2, -0.15) is 5.26 Å². The molecule has 4 nitrogen and oxygen atoms in total. The number of likely N-dealkylation sites (tertiary alicyclic amines) is 1. The Morgan fingerprint density at radius 1 is 1.21 bits per heavy atom. The summed E-state index contributed by atoms with van der Waals surface area (Å²) < 4.78 is 5.46. The molecule has 1 amide bonds. The van der Waals surface area contributed by atoms with Crippen LogP contribution in [-0.4, -0.2) is 29.7 Å². The van der Waals surface area contributed by atoms with Crippen LogP contribution in [0.25, 0.3) is 0 Å². The van der Waals surface area contributed by atoms with Crippen LogP contribution in [0.2, 0.25) is 0 Å². The van der Waals surface area contributed by atoms with Gasteiger partial charge in [-0.3, -0.25) is 0 Å². The van der Waals surface area contributed by atoms with Crippen LogP contribution < -0.4 is 0 Å². The maximum absolute atomic E-state index is 12.2. The number of amides is 1. The van der Waals surface area contributed by atoms with Gasteiger partial charge in [0.15, 0.2) is 0 Å². The van der Waals surface area contributed by atoms with E-state index >= 15 is 0 Å². The van der Waals surface area contributed by atoms with Crippen molar-refractivity contribution in [2.75, 3.05) is 13.1 Å². The fraction of sp³-hybridized carbons (Fsp3) is 0.600. The number of carbonyl (C=O) groups is 1. The lowest BCUT2D eigenvalue weighted by Crippen LogP contribution is -2.45. The van der Waals surface area contributed by atoms with E-state index in [0.29, 0.717) is 6.42 Å². The molecule has 2 rings (SSSR count). The van der Waals surface area contributed by atoms with E-state index in [1.54, 1.807) is 0 Å². The maximum atomic E-state index is 12.2. The third-order valence-corrected chi connectivity index (χ3v) is 4.56. The second kappa shape index (κ2) is 7.25. The zero-order valence-corrected chi connectivity index (χ0v) is 15.3. The van der Waals surface area contributed by atoms with Crippen LogP contribution in [0, 0.1) is 16.7 Å². The number of nitrogens with zero attached hydrogens (tertiary/aromatic N) is 2. The predicted molar refractivity (Wildman–Crippen MR) is 94.6 cm³/mol. The number of hydrogen-bond donors (Lipinski definition) is 0. The molecule has 24 heavy (non-hydrogen) atoms. The molecular formula is C20H28N2O2. The minimum atomic E-state index is -0.441. The molecule has 0 bridgehead atoms. The molecule has 0 spiro atoms. The number of rotatable bonds is 3. The molecule has 1 aromatic rings. The van der Waals surface area contributed by atoms with E-state index in [1.807, 2.05) is 37.8 Å². The van der Waals surface area contributed by atoms with Crippen molar-refractivity contribution in [1.82, 2.24) is 4.90 Å². The Morgan fingerprint density at radius 3 is 2.25 bits per heavy atom. The summed E-state index contributed by atoms with van der Waals surface area (Å²) in [7, 11) is 0. The Morgan fingerprint density at radius 2 is 1.75 bits per heavy atom. The highest BCUT2D eigenvalue weighted by Gasteiger charge is 2.33. The SMILES string of the molecule is CC1(Cc2ccc(CC#N)cc2)CCN(C(=O)OC(C)(C)C)CC1. The van der Waals surface area contributed by atoms with Gasteiger partial charge in [0.1, 0.15) is 5.60 Å². The number of hydrogen-bond acceptors (Lipinski definition) is 3. The van der Waals surface area contributed by atoms with Gasteiger partial charge in [0, 0.05) is 13.1 Å². The predicted octanol–water partition coefficient (Wildman–Crippen LogP) is 4.33. The molecule has 1 saturated heterocycles. The van der Waals surface area contributed by atoms with Crippen molar-refractivity contribution >= 4 is 6.09 Å². The van der Waals surface area contributed by atoms with E-state index in [1.165, 1.54) is 5.56 Å². The minimum Gasteiger partial charge on any atom is -0.444 e. The fourth-order valence-electron chi connectivity index (χ4n) is 3.09. The third kappa shape index (κ3) is 5.26. The van der Waals surface area contributed by atoms with Crippen molar-refractivity contribution in [3.63, 3.8) is 0 Å². The molecule has 0 unspecified atom stereocenters. The molecule has 0 aromatic heterocycles. The van der Waals surface area contributed by atoms with Crippen LogP contribution in [0.4, 0.5) is 4.79 Å². The topological polar surface area (TPSA) is 53.3 Å². The molecule has 1 aliphatic rings. The highest BCUT2D eigenvalue weighted by molar-refractivity contribution is 5.68. The molecule has 4 heteroatoms. The molecule has 0 N–H and O–H groups in total. The first kappa shape index (κ1) is 18.3. The lowest BCUT2D eigenvalue weighted by atomic mass is 9.75. The summed E-state index contributed by atoms with van der Waals surface area (Å²) in [6.45, 7) is 9.48. The van der Waals surface area contributed by atoms with Crippen LogP contribution in [-0.2, 0) is 17.6 Å². The lowest BCUT2D eigenvalue weighted by Gasteiger charge is -2.40. The number of benzene rings is 1. The first-order chi connectivity index (χ1) is 11.2. The van der Waals surface area contributed by atoms with Crippen molar-refractivity contribution in [2.45, 2.75) is 59.0 Å². The van der Waals surface area contributed by atoms with Crippen molar-refractivity contribution in [3.05, 3.63) is 35.4 Å². The molecule has 1 heterocycles. The molecule has 130 valence electrons. The van der Waals surface area contributed by atoms with Gasteiger partial charge in [0.25, 0.3) is 0 Å². The standard InChI is InChI=1S/C20H28N2O2/c1-19(2,3)24-18(23)22-13-10-20(4,11-14-22)15-17-7-5-16(6-8-17)9-12-21/h5-8H,9-11,13-15H2,1-4H3. The van der Waals surface area contributed by atoms with Crippen LogP contribution in [0.1, 0.15) is 51.7 Å². The number of nitriles is 1. The van der Waals surface area contributed by atoms with Crippen molar-refractivity contribution in [3.8, 4) is 6.07 Å². The van der Waals surface area contributed by atoms with E-state index < -0.39 is 5.60 Å². The summed E-state index contributed by atoms with van der Waals surface area (Å²) in [5.41, 5.74) is 2.12. The fourth-order valence-corrected chi connectivity index (χ4v) is 3.09. The Bertz CT molecular complexity index is 600. The number of ether oxygens (including phenoxy) is 1. The van der Waals surface area contributed by atoms with Crippen LogP contribution in [0.15, 0.2) is 24.3 Å². The first-order valence-corrected chi connectivity index (χ1v) is 8.63. The van der Waals surface area contributed by atoms with Gasteiger partial charge in [0.2, 0.25) is 0 Å². The second-order valence-corrected chi connectivity index (χ2v) is 8.11. The summed E-state index contributed by atoms with van der Waals surface area (Å²) in [5.74, 6) is 0. The van der Waals surface area contributed by atoms with Gasteiger partial charge in [-0.05, 0) is 56.6 Å². The molecule has 1 aromatic carbocycles. The minimum absolute atomic E-state index is 0.203. The largest absolute Gasteiger partial charge is 0.444 e. The highest BCUT2D eigenvalue weighted by Crippen LogP contribution is 2.35. The molecule has 0 aliphatic carbocycles. The van der Waals surface area contributed by atoms with E-state index in [0.717, 1.165) is 37.9 Å². The zero-order valence-electron chi connectivity index (χ0n) is 15.3. The van der Waals surface area contributed by atoms with E-state index in [4.69, 9.17) is 10.00 Å². The zero-order chi connectivity index (χ0) is 17.8. The summed E-state index contributed by atoms with van der Waals surface area (Å²) in [5, 5.41) is 8.74. The van der Waals surface area contributed by atoms with Crippen molar-refractivity contribution in [2.24, 2.45) is 5.41 Å². The van der Waals surface area contributed by atoms with E-state index in [9.17, 15) is 4.79 Å². The molecule has 0 radical (unpaired) electrons. The maximum Gasteiger partial charge on any atom is 0.410 e. The van der Waals surface area contributed by atoms with Gasteiger partial charge in [-0.1, -0.05) is 31.2 Å². The monoisotopic (exact) mass is 328 g/mol. The quantitative estimate of drug-likeness (QED) is 0.829.